The van der Waals surface area contributed by atoms with Gasteiger partial charge in [0.25, 0.3) is 0 Å². The van der Waals surface area contributed by atoms with Crippen LogP contribution >= 0.6 is 0 Å². The van der Waals surface area contributed by atoms with E-state index in [-0.39, 0.29) is 11.9 Å². The quantitative estimate of drug-likeness (QED) is 0.918. The normalized spacial score (nSPS) is 12.2. The summed E-state index contributed by atoms with van der Waals surface area (Å²) < 4.78 is 13.8. The summed E-state index contributed by atoms with van der Waals surface area (Å²) in [6.45, 7) is 2.33. The standard InChI is InChI=1S/C15H18FN3/c1-11(12-6-3-4-7-13(12)16)19(2)15-8-5-9-18-14(15)10-17/h3-9,11H,10,17H2,1-2H3. The number of nitrogens with two attached hydrogens (primary N) is 1. The van der Waals surface area contributed by atoms with E-state index in [0.717, 1.165) is 11.4 Å². The Balaban J connectivity index is 2.34. The minimum atomic E-state index is -0.194. The highest BCUT2D eigenvalue weighted by molar-refractivity contribution is 5.51. The maximum atomic E-state index is 13.8. The molecule has 0 saturated heterocycles. The van der Waals surface area contributed by atoms with Gasteiger partial charge in [0.15, 0.2) is 0 Å². The van der Waals surface area contributed by atoms with E-state index in [4.69, 9.17) is 5.73 Å². The van der Waals surface area contributed by atoms with Crippen molar-refractivity contribution in [2.75, 3.05) is 11.9 Å². The van der Waals surface area contributed by atoms with E-state index in [1.165, 1.54) is 6.07 Å². The van der Waals surface area contributed by atoms with Gasteiger partial charge in [-0.15, -0.1) is 0 Å². The van der Waals surface area contributed by atoms with Crippen molar-refractivity contribution in [3.63, 3.8) is 0 Å². The molecular formula is C15H18FN3. The molecule has 1 atom stereocenters. The lowest BCUT2D eigenvalue weighted by molar-refractivity contribution is 0.584. The third kappa shape index (κ3) is 2.74. The largest absolute Gasteiger partial charge is 0.366 e. The van der Waals surface area contributed by atoms with Crippen molar-refractivity contribution in [1.82, 2.24) is 4.98 Å². The van der Waals surface area contributed by atoms with Gasteiger partial charge >= 0.3 is 0 Å². The average molecular weight is 259 g/mol. The molecule has 1 aromatic carbocycles. The van der Waals surface area contributed by atoms with Crippen LogP contribution in [0.25, 0.3) is 0 Å². The molecule has 2 rings (SSSR count). The van der Waals surface area contributed by atoms with Crippen molar-refractivity contribution in [2.45, 2.75) is 19.5 Å². The molecule has 100 valence electrons. The van der Waals surface area contributed by atoms with Crippen LogP contribution in [0.2, 0.25) is 0 Å². The van der Waals surface area contributed by atoms with Crippen molar-refractivity contribution >= 4 is 5.69 Å². The molecule has 19 heavy (non-hydrogen) atoms. The summed E-state index contributed by atoms with van der Waals surface area (Å²) in [5, 5.41) is 0. The predicted molar refractivity (Wildman–Crippen MR) is 75.3 cm³/mol. The molecule has 1 aromatic heterocycles. The highest BCUT2D eigenvalue weighted by Gasteiger charge is 2.17. The number of aromatic nitrogens is 1. The molecule has 0 amide bonds. The lowest BCUT2D eigenvalue weighted by Crippen LogP contribution is -2.24. The Morgan fingerprint density at radius 2 is 2.00 bits per heavy atom. The smallest absolute Gasteiger partial charge is 0.128 e. The number of pyridine rings is 1. The van der Waals surface area contributed by atoms with Gasteiger partial charge in [-0.05, 0) is 25.1 Å². The summed E-state index contributed by atoms with van der Waals surface area (Å²) in [6, 6.07) is 10.5. The second-order valence-corrected chi connectivity index (χ2v) is 4.48. The Morgan fingerprint density at radius 3 is 2.68 bits per heavy atom. The SMILES string of the molecule is CC(c1ccccc1F)N(C)c1cccnc1CN. The molecule has 0 saturated carbocycles. The van der Waals surface area contributed by atoms with Crippen LogP contribution in [0.15, 0.2) is 42.6 Å². The van der Waals surface area contributed by atoms with Crippen LogP contribution in [-0.4, -0.2) is 12.0 Å². The van der Waals surface area contributed by atoms with Crippen LogP contribution in [0.5, 0.6) is 0 Å². The predicted octanol–water partition coefficient (Wildman–Crippen LogP) is 2.88. The number of hydrogen-bond donors (Lipinski definition) is 1. The van der Waals surface area contributed by atoms with Crippen molar-refractivity contribution in [1.29, 1.82) is 0 Å². The molecule has 1 unspecified atom stereocenters. The number of rotatable bonds is 4. The lowest BCUT2D eigenvalue weighted by Gasteiger charge is -2.28. The van der Waals surface area contributed by atoms with E-state index >= 15 is 0 Å². The van der Waals surface area contributed by atoms with Gasteiger partial charge in [0, 0.05) is 25.4 Å². The Kier molecular flexibility index (Phi) is 4.12. The first kappa shape index (κ1) is 13.5. The highest BCUT2D eigenvalue weighted by Crippen LogP contribution is 2.28. The molecule has 0 bridgehead atoms. The zero-order chi connectivity index (χ0) is 13.8. The van der Waals surface area contributed by atoms with Crippen LogP contribution in [0.1, 0.15) is 24.2 Å². The van der Waals surface area contributed by atoms with Crippen molar-refractivity contribution in [3.05, 3.63) is 59.7 Å². The van der Waals surface area contributed by atoms with Gasteiger partial charge in [0.1, 0.15) is 5.82 Å². The molecular weight excluding hydrogens is 241 g/mol. The Hall–Kier alpha value is -1.94. The van der Waals surface area contributed by atoms with Gasteiger partial charge in [-0.1, -0.05) is 18.2 Å². The molecule has 0 aliphatic carbocycles. The first-order chi connectivity index (χ1) is 9.15. The van der Waals surface area contributed by atoms with Crippen LogP contribution in [0.4, 0.5) is 10.1 Å². The first-order valence-electron chi connectivity index (χ1n) is 6.26. The molecule has 4 heteroatoms. The number of hydrogen-bond acceptors (Lipinski definition) is 3. The fourth-order valence-electron chi connectivity index (χ4n) is 2.14. The summed E-state index contributed by atoms with van der Waals surface area (Å²) >= 11 is 0. The molecule has 2 aromatic rings. The molecule has 0 spiro atoms. The van der Waals surface area contributed by atoms with Crippen LogP contribution in [0.3, 0.4) is 0 Å². The second-order valence-electron chi connectivity index (χ2n) is 4.48. The Labute approximate surface area is 112 Å². The third-order valence-corrected chi connectivity index (χ3v) is 3.38. The Morgan fingerprint density at radius 1 is 1.26 bits per heavy atom. The van der Waals surface area contributed by atoms with Crippen LogP contribution < -0.4 is 10.6 Å². The van der Waals surface area contributed by atoms with E-state index in [0.29, 0.717) is 12.1 Å². The molecule has 3 nitrogen and oxygen atoms in total. The average Bonchev–Trinajstić information content (AvgIpc) is 2.46. The minimum absolute atomic E-state index is 0.0873. The monoisotopic (exact) mass is 259 g/mol. The van der Waals surface area contributed by atoms with Gasteiger partial charge in [0.05, 0.1) is 17.4 Å². The number of benzene rings is 1. The fourth-order valence-corrected chi connectivity index (χ4v) is 2.14. The molecule has 2 N–H and O–H groups in total. The van der Waals surface area contributed by atoms with Gasteiger partial charge in [-0.3, -0.25) is 4.98 Å². The van der Waals surface area contributed by atoms with Gasteiger partial charge in [-0.25, -0.2) is 4.39 Å². The van der Waals surface area contributed by atoms with E-state index in [1.807, 2.05) is 37.1 Å². The molecule has 1 heterocycles. The summed E-state index contributed by atoms with van der Waals surface area (Å²) in [7, 11) is 1.92. The molecule has 0 fully saturated rings. The van der Waals surface area contributed by atoms with Gasteiger partial charge < -0.3 is 10.6 Å². The van der Waals surface area contributed by atoms with Gasteiger partial charge in [0.2, 0.25) is 0 Å². The van der Waals surface area contributed by atoms with E-state index in [2.05, 4.69) is 4.98 Å². The van der Waals surface area contributed by atoms with Crippen molar-refractivity contribution in [2.24, 2.45) is 5.73 Å². The number of anilines is 1. The summed E-state index contributed by atoms with van der Waals surface area (Å²) in [5.41, 5.74) is 8.10. The van der Waals surface area contributed by atoms with Crippen LogP contribution in [0, 0.1) is 5.82 Å². The third-order valence-electron chi connectivity index (χ3n) is 3.38. The molecule has 0 aliphatic rings. The maximum absolute atomic E-state index is 13.8. The second kappa shape index (κ2) is 5.80. The van der Waals surface area contributed by atoms with Crippen LogP contribution in [-0.2, 0) is 6.54 Å². The summed E-state index contributed by atoms with van der Waals surface area (Å²) in [6.07, 6.45) is 1.72. The zero-order valence-electron chi connectivity index (χ0n) is 11.2. The zero-order valence-corrected chi connectivity index (χ0v) is 11.2. The van der Waals surface area contributed by atoms with Gasteiger partial charge in [-0.2, -0.15) is 0 Å². The first-order valence-corrected chi connectivity index (χ1v) is 6.26. The topological polar surface area (TPSA) is 42.2 Å². The fraction of sp³-hybridized carbons (Fsp3) is 0.267. The maximum Gasteiger partial charge on any atom is 0.128 e. The number of halogens is 1. The Bertz CT molecular complexity index is 557. The minimum Gasteiger partial charge on any atom is -0.366 e. The van der Waals surface area contributed by atoms with E-state index < -0.39 is 0 Å². The molecule has 0 radical (unpaired) electrons. The number of nitrogens with zero attached hydrogens (tertiary/aromatic N) is 2. The van der Waals surface area contributed by atoms with E-state index in [9.17, 15) is 4.39 Å². The summed E-state index contributed by atoms with van der Waals surface area (Å²) in [5.74, 6) is -0.194. The van der Waals surface area contributed by atoms with Crippen molar-refractivity contribution < 1.29 is 4.39 Å². The highest BCUT2D eigenvalue weighted by atomic mass is 19.1. The lowest BCUT2D eigenvalue weighted by atomic mass is 10.1. The van der Waals surface area contributed by atoms with E-state index in [1.54, 1.807) is 18.3 Å². The molecule has 0 aliphatic heterocycles. The summed E-state index contributed by atoms with van der Waals surface area (Å²) in [4.78, 5) is 6.25. The van der Waals surface area contributed by atoms with Crippen molar-refractivity contribution in [3.8, 4) is 0 Å².